The molecule has 0 aromatic carbocycles. The van der Waals surface area contributed by atoms with Crippen LogP contribution in [0.4, 0.5) is 0 Å². The van der Waals surface area contributed by atoms with Gasteiger partial charge in [-0.15, -0.1) is 0 Å². The quantitative estimate of drug-likeness (QED) is 0.560. The minimum Gasteiger partial charge on any atom is -0.350 e. The molecule has 1 amide bonds. The van der Waals surface area contributed by atoms with E-state index in [1.165, 1.54) is 12.8 Å². The Kier molecular flexibility index (Phi) is 7.15. The maximum Gasteiger partial charge on any atom is 0.234 e. The zero-order valence-electron chi connectivity index (χ0n) is 7.10. The third-order valence-corrected chi connectivity index (χ3v) is 1.40. The summed E-state index contributed by atoms with van der Waals surface area (Å²) in [6, 6.07) is 0. The van der Waals surface area contributed by atoms with Crippen LogP contribution in [-0.2, 0) is 4.79 Å². The fourth-order valence-corrected chi connectivity index (χ4v) is 0.741. The van der Waals surface area contributed by atoms with E-state index in [9.17, 15) is 4.79 Å². The van der Waals surface area contributed by atoms with Gasteiger partial charge in [-0.3, -0.25) is 4.79 Å². The zero-order chi connectivity index (χ0) is 8.53. The van der Waals surface area contributed by atoms with Gasteiger partial charge >= 0.3 is 0 Å². The molecular weight excluding hydrogens is 140 g/mol. The van der Waals surface area contributed by atoms with Crippen molar-refractivity contribution in [3.05, 3.63) is 6.54 Å². The highest BCUT2D eigenvalue weighted by atomic mass is 16.1. The van der Waals surface area contributed by atoms with Gasteiger partial charge in [0.25, 0.3) is 0 Å². The van der Waals surface area contributed by atoms with E-state index in [-0.39, 0.29) is 12.5 Å². The van der Waals surface area contributed by atoms with Gasteiger partial charge in [0, 0.05) is 6.54 Å². The van der Waals surface area contributed by atoms with E-state index in [4.69, 9.17) is 5.73 Å². The molecule has 0 atom stereocenters. The molecular formula is C8H17N2O. The SMILES string of the molecule is CCCCC[CH]NC(=O)CN. The minimum absolute atomic E-state index is 0.0737. The Balaban J connectivity index is 2.95. The molecule has 0 saturated heterocycles. The van der Waals surface area contributed by atoms with Crippen LogP contribution < -0.4 is 11.1 Å². The Morgan fingerprint density at radius 1 is 1.55 bits per heavy atom. The average molecular weight is 157 g/mol. The Labute approximate surface area is 68.3 Å². The maximum atomic E-state index is 10.6. The van der Waals surface area contributed by atoms with E-state index in [0.717, 1.165) is 12.8 Å². The van der Waals surface area contributed by atoms with Crippen LogP contribution in [0.1, 0.15) is 32.6 Å². The lowest BCUT2D eigenvalue weighted by atomic mass is 10.2. The van der Waals surface area contributed by atoms with Crippen molar-refractivity contribution < 1.29 is 4.79 Å². The van der Waals surface area contributed by atoms with Crippen LogP contribution in [0.25, 0.3) is 0 Å². The molecule has 0 aliphatic heterocycles. The summed E-state index contributed by atoms with van der Waals surface area (Å²) in [6.45, 7) is 4.01. The molecule has 0 aliphatic rings. The van der Waals surface area contributed by atoms with Gasteiger partial charge in [0.2, 0.25) is 5.91 Å². The lowest BCUT2D eigenvalue weighted by molar-refractivity contribution is -0.119. The first kappa shape index (κ1) is 10.4. The molecule has 0 bridgehead atoms. The van der Waals surface area contributed by atoms with Gasteiger partial charge < -0.3 is 11.1 Å². The molecule has 1 radical (unpaired) electrons. The summed E-state index contributed by atoms with van der Waals surface area (Å²) < 4.78 is 0. The zero-order valence-corrected chi connectivity index (χ0v) is 7.10. The summed E-state index contributed by atoms with van der Waals surface area (Å²) in [5.41, 5.74) is 5.08. The molecule has 0 saturated carbocycles. The number of carbonyl (C=O) groups is 1. The molecule has 0 fully saturated rings. The van der Waals surface area contributed by atoms with Crippen LogP contribution in [0.3, 0.4) is 0 Å². The fourth-order valence-electron chi connectivity index (χ4n) is 0.741. The van der Waals surface area contributed by atoms with Crippen LogP contribution in [-0.4, -0.2) is 12.5 Å². The topological polar surface area (TPSA) is 55.1 Å². The molecule has 65 valence electrons. The highest BCUT2D eigenvalue weighted by molar-refractivity contribution is 5.78. The van der Waals surface area contributed by atoms with E-state index in [1.807, 2.05) is 0 Å². The van der Waals surface area contributed by atoms with Crippen LogP contribution in [0, 0.1) is 6.54 Å². The molecule has 3 heteroatoms. The Hall–Kier alpha value is -0.570. The lowest BCUT2D eigenvalue weighted by Gasteiger charge is -2.00. The Bertz CT molecular complexity index is 104. The summed E-state index contributed by atoms with van der Waals surface area (Å²) in [7, 11) is 0. The summed E-state index contributed by atoms with van der Waals surface area (Å²) in [5, 5.41) is 2.60. The molecule has 3 nitrogen and oxygen atoms in total. The number of nitrogens with one attached hydrogen (secondary N) is 1. The van der Waals surface area contributed by atoms with Crippen molar-refractivity contribution in [2.45, 2.75) is 32.6 Å². The lowest BCUT2D eigenvalue weighted by Crippen LogP contribution is -2.28. The predicted octanol–water partition coefficient (Wildman–Crippen LogP) is 0.803. The van der Waals surface area contributed by atoms with Crippen LogP contribution in [0.5, 0.6) is 0 Å². The van der Waals surface area contributed by atoms with Crippen molar-refractivity contribution in [1.82, 2.24) is 5.32 Å². The van der Waals surface area contributed by atoms with E-state index < -0.39 is 0 Å². The normalized spacial score (nSPS) is 9.64. The molecule has 0 aliphatic carbocycles. The molecule has 0 spiro atoms. The molecule has 0 rings (SSSR count). The van der Waals surface area contributed by atoms with E-state index >= 15 is 0 Å². The van der Waals surface area contributed by atoms with E-state index in [1.54, 1.807) is 6.54 Å². The van der Waals surface area contributed by atoms with Crippen LogP contribution in [0.15, 0.2) is 0 Å². The molecule has 11 heavy (non-hydrogen) atoms. The predicted molar refractivity (Wildman–Crippen MR) is 45.6 cm³/mol. The first-order valence-corrected chi connectivity index (χ1v) is 4.12. The van der Waals surface area contributed by atoms with Crippen molar-refractivity contribution in [3.63, 3.8) is 0 Å². The molecule has 0 aromatic heterocycles. The van der Waals surface area contributed by atoms with Gasteiger partial charge in [0.15, 0.2) is 0 Å². The summed E-state index contributed by atoms with van der Waals surface area (Å²) in [5.74, 6) is -0.110. The van der Waals surface area contributed by atoms with Gasteiger partial charge in [-0.1, -0.05) is 26.2 Å². The smallest absolute Gasteiger partial charge is 0.234 e. The average Bonchev–Trinajstić information content (AvgIpc) is 2.04. The molecule has 0 unspecified atom stereocenters. The van der Waals surface area contributed by atoms with Gasteiger partial charge in [-0.25, -0.2) is 0 Å². The third kappa shape index (κ3) is 7.33. The van der Waals surface area contributed by atoms with Crippen molar-refractivity contribution in [2.24, 2.45) is 5.73 Å². The van der Waals surface area contributed by atoms with Crippen molar-refractivity contribution >= 4 is 5.91 Å². The maximum absolute atomic E-state index is 10.6. The minimum atomic E-state index is -0.110. The Morgan fingerprint density at radius 2 is 2.27 bits per heavy atom. The van der Waals surface area contributed by atoms with Crippen molar-refractivity contribution in [3.8, 4) is 0 Å². The number of nitrogens with two attached hydrogens (primary N) is 1. The Morgan fingerprint density at radius 3 is 2.82 bits per heavy atom. The largest absolute Gasteiger partial charge is 0.350 e. The van der Waals surface area contributed by atoms with Crippen LogP contribution >= 0.6 is 0 Å². The standard InChI is InChI=1S/C8H17N2O/c1-2-3-4-5-6-10-8(11)7-9/h6H,2-5,7,9H2,1H3,(H,10,11). The second-order valence-corrected chi connectivity index (χ2v) is 2.47. The second-order valence-electron chi connectivity index (χ2n) is 2.47. The van der Waals surface area contributed by atoms with Gasteiger partial charge in [-0.2, -0.15) is 0 Å². The number of hydrogen-bond acceptors (Lipinski definition) is 2. The fraction of sp³-hybridized carbons (Fsp3) is 0.750. The highest BCUT2D eigenvalue weighted by Gasteiger charge is 1.94. The number of carbonyl (C=O) groups excluding carboxylic acids is 1. The third-order valence-electron chi connectivity index (χ3n) is 1.40. The highest BCUT2D eigenvalue weighted by Crippen LogP contribution is 1.98. The number of amides is 1. The second kappa shape index (κ2) is 7.54. The first-order valence-electron chi connectivity index (χ1n) is 4.12. The van der Waals surface area contributed by atoms with Gasteiger partial charge in [0.05, 0.1) is 6.54 Å². The number of rotatable bonds is 6. The molecule has 0 heterocycles. The van der Waals surface area contributed by atoms with E-state index in [0.29, 0.717) is 0 Å². The van der Waals surface area contributed by atoms with E-state index in [2.05, 4.69) is 12.2 Å². The monoisotopic (exact) mass is 157 g/mol. The summed E-state index contributed by atoms with van der Waals surface area (Å²) >= 11 is 0. The number of hydrogen-bond donors (Lipinski definition) is 2. The van der Waals surface area contributed by atoms with Gasteiger partial charge in [0.1, 0.15) is 0 Å². The van der Waals surface area contributed by atoms with Crippen molar-refractivity contribution in [2.75, 3.05) is 6.54 Å². The molecule has 3 N–H and O–H groups in total. The van der Waals surface area contributed by atoms with Gasteiger partial charge in [-0.05, 0) is 6.42 Å². The molecule has 0 aromatic rings. The number of unbranched alkanes of at least 4 members (excludes halogenated alkanes) is 3. The van der Waals surface area contributed by atoms with Crippen LogP contribution in [0.2, 0.25) is 0 Å². The first-order chi connectivity index (χ1) is 5.31. The summed E-state index contributed by atoms with van der Waals surface area (Å²) in [6.07, 6.45) is 4.51. The summed E-state index contributed by atoms with van der Waals surface area (Å²) in [4.78, 5) is 10.6. The van der Waals surface area contributed by atoms with Crippen molar-refractivity contribution in [1.29, 1.82) is 0 Å².